The standard InChI is InChI=1S/C9H7BrN2O/c1-13-9-5-3-6-7(12-9)2-4-8(10)11-6/h2-5H,1H3. The van der Waals surface area contributed by atoms with Crippen molar-refractivity contribution in [1.29, 1.82) is 0 Å². The number of rotatable bonds is 1. The minimum Gasteiger partial charge on any atom is -0.481 e. The molecule has 2 aromatic heterocycles. The molecule has 4 heteroatoms. The molecule has 0 atom stereocenters. The number of aromatic nitrogens is 2. The van der Waals surface area contributed by atoms with E-state index in [0.29, 0.717) is 5.88 Å². The number of pyridine rings is 2. The number of hydrogen-bond acceptors (Lipinski definition) is 3. The fraction of sp³-hybridized carbons (Fsp3) is 0.111. The molecule has 0 amide bonds. The summed E-state index contributed by atoms with van der Waals surface area (Å²) in [6, 6.07) is 7.43. The van der Waals surface area contributed by atoms with Crippen molar-refractivity contribution >= 4 is 27.0 Å². The second kappa shape index (κ2) is 3.30. The molecule has 0 spiro atoms. The molecule has 0 fully saturated rings. The smallest absolute Gasteiger partial charge is 0.213 e. The van der Waals surface area contributed by atoms with Crippen LogP contribution >= 0.6 is 15.9 Å². The Labute approximate surface area is 83.9 Å². The van der Waals surface area contributed by atoms with Crippen LogP contribution in [0.25, 0.3) is 11.0 Å². The third-order valence-corrected chi connectivity index (χ3v) is 2.13. The maximum absolute atomic E-state index is 5.00. The van der Waals surface area contributed by atoms with Gasteiger partial charge < -0.3 is 4.74 Å². The molecule has 2 rings (SSSR count). The van der Waals surface area contributed by atoms with Crippen molar-refractivity contribution in [2.75, 3.05) is 7.11 Å². The van der Waals surface area contributed by atoms with Gasteiger partial charge in [-0.2, -0.15) is 0 Å². The number of ether oxygens (including phenoxy) is 1. The first kappa shape index (κ1) is 8.44. The number of halogens is 1. The largest absolute Gasteiger partial charge is 0.481 e. The summed E-state index contributed by atoms with van der Waals surface area (Å²) < 4.78 is 5.81. The summed E-state index contributed by atoms with van der Waals surface area (Å²) in [7, 11) is 1.60. The molecule has 0 aliphatic heterocycles. The summed E-state index contributed by atoms with van der Waals surface area (Å²) in [6.07, 6.45) is 0. The molecule has 0 bridgehead atoms. The van der Waals surface area contributed by atoms with Gasteiger partial charge in [0.2, 0.25) is 5.88 Å². The van der Waals surface area contributed by atoms with E-state index in [0.717, 1.165) is 15.6 Å². The summed E-state index contributed by atoms with van der Waals surface area (Å²) in [4.78, 5) is 8.48. The number of fused-ring (bicyclic) bond motifs is 1. The average Bonchev–Trinajstić information content (AvgIpc) is 2.17. The fourth-order valence-electron chi connectivity index (χ4n) is 1.08. The first-order valence-corrected chi connectivity index (χ1v) is 4.56. The lowest BCUT2D eigenvalue weighted by Gasteiger charge is -2.00. The van der Waals surface area contributed by atoms with E-state index in [1.165, 1.54) is 0 Å². The molecule has 3 nitrogen and oxygen atoms in total. The van der Waals surface area contributed by atoms with Crippen LogP contribution < -0.4 is 4.74 Å². The van der Waals surface area contributed by atoms with Crippen LogP contribution in [0.2, 0.25) is 0 Å². The van der Waals surface area contributed by atoms with Gasteiger partial charge >= 0.3 is 0 Å². The second-order valence-corrected chi connectivity index (χ2v) is 3.34. The average molecular weight is 239 g/mol. The minimum absolute atomic E-state index is 0.608. The molecule has 66 valence electrons. The molecule has 0 radical (unpaired) electrons. The van der Waals surface area contributed by atoms with E-state index in [2.05, 4.69) is 25.9 Å². The Bertz CT molecular complexity index is 445. The Hall–Kier alpha value is -1.16. The van der Waals surface area contributed by atoms with Crippen LogP contribution in [0.15, 0.2) is 28.9 Å². The highest BCUT2D eigenvalue weighted by atomic mass is 79.9. The van der Waals surface area contributed by atoms with Crippen molar-refractivity contribution in [3.8, 4) is 5.88 Å². The molecule has 0 aliphatic carbocycles. The highest BCUT2D eigenvalue weighted by molar-refractivity contribution is 9.10. The highest BCUT2D eigenvalue weighted by Crippen LogP contribution is 2.16. The van der Waals surface area contributed by atoms with Gasteiger partial charge in [-0.05, 0) is 34.1 Å². The molecular weight excluding hydrogens is 232 g/mol. The van der Waals surface area contributed by atoms with Gasteiger partial charge in [-0.15, -0.1) is 0 Å². The maximum Gasteiger partial charge on any atom is 0.213 e. The zero-order chi connectivity index (χ0) is 9.26. The van der Waals surface area contributed by atoms with Crippen LogP contribution in [-0.2, 0) is 0 Å². The van der Waals surface area contributed by atoms with Gasteiger partial charge in [0.15, 0.2) is 0 Å². The second-order valence-electron chi connectivity index (χ2n) is 2.53. The van der Waals surface area contributed by atoms with Crippen LogP contribution in [-0.4, -0.2) is 17.1 Å². The Morgan fingerprint density at radius 3 is 2.54 bits per heavy atom. The van der Waals surface area contributed by atoms with Crippen molar-refractivity contribution in [1.82, 2.24) is 9.97 Å². The summed E-state index contributed by atoms with van der Waals surface area (Å²) >= 11 is 3.30. The van der Waals surface area contributed by atoms with Crippen LogP contribution in [0, 0.1) is 0 Å². The molecule has 2 aromatic rings. The third-order valence-electron chi connectivity index (χ3n) is 1.69. The predicted molar refractivity (Wildman–Crippen MR) is 53.8 cm³/mol. The van der Waals surface area contributed by atoms with E-state index in [9.17, 15) is 0 Å². The van der Waals surface area contributed by atoms with Gasteiger partial charge in [-0.3, -0.25) is 0 Å². The normalized spacial score (nSPS) is 10.3. The predicted octanol–water partition coefficient (Wildman–Crippen LogP) is 2.40. The van der Waals surface area contributed by atoms with E-state index in [4.69, 9.17) is 4.74 Å². The zero-order valence-electron chi connectivity index (χ0n) is 6.99. The zero-order valence-corrected chi connectivity index (χ0v) is 8.58. The first-order chi connectivity index (χ1) is 6.29. The van der Waals surface area contributed by atoms with Crippen LogP contribution in [0.4, 0.5) is 0 Å². The van der Waals surface area contributed by atoms with Gasteiger partial charge in [0.25, 0.3) is 0 Å². The van der Waals surface area contributed by atoms with Crippen molar-refractivity contribution in [2.45, 2.75) is 0 Å². The topological polar surface area (TPSA) is 35.0 Å². The summed E-state index contributed by atoms with van der Waals surface area (Å²) in [5, 5.41) is 0. The van der Waals surface area contributed by atoms with Gasteiger partial charge in [0.1, 0.15) is 4.60 Å². The van der Waals surface area contributed by atoms with Gasteiger partial charge in [-0.1, -0.05) is 0 Å². The lowest BCUT2D eigenvalue weighted by atomic mass is 10.3. The summed E-state index contributed by atoms with van der Waals surface area (Å²) in [5.41, 5.74) is 1.69. The third kappa shape index (κ3) is 1.62. The minimum atomic E-state index is 0.608. The van der Waals surface area contributed by atoms with Crippen molar-refractivity contribution in [3.63, 3.8) is 0 Å². The quantitative estimate of drug-likeness (QED) is 0.716. The first-order valence-electron chi connectivity index (χ1n) is 3.77. The highest BCUT2D eigenvalue weighted by Gasteiger charge is 1.98. The number of hydrogen-bond donors (Lipinski definition) is 0. The Balaban J connectivity index is 2.66. The van der Waals surface area contributed by atoms with Crippen LogP contribution in [0.5, 0.6) is 5.88 Å². The SMILES string of the molecule is COc1ccc2nc(Br)ccc2n1. The summed E-state index contributed by atoms with van der Waals surface area (Å²) in [5.74, 6) is 0.608. The lowest BCUT2D eigenvalue weighted by Crippen LogP contribution is -1.89. The molecule has 13 heavy (non-hydrogen) atoms. The summed E-state index contributed by atoms with van der Waals surface area (Å²) in [6.45, 7) is 0. The molecular formula is C9H7BrN2O. The van der Waals surface area contributed by atoms with Gasteiger partial charge in [0.05, 0.1) is 18.1 Å². The number of methoxy groups -OCH3 is 1. The van der Waals surface area contributed by atoms with Crippen molar-refractivity contribution in [3.05, 3.63) is 28.9 Å². The molecule has 0 aliphatic rings. The molecule has 2 heterocycles. The number of nitrogens with zero attached hydrogens (tertiary/aromatic N) is 2. The van der Waals surface area contributed by atoms with E-state index < -0.39 is 0 Å². The molecule has 0 aromatic carbocycles. The molecule has 0 N–H and O–H groups in total. The maximum atomic E-state index is 5.00. The van der Waals surface area contributed by atoms with Gasteiger partial charge in [-0.25, -0.2) is 9.97 Å². The van der Waals surface area contributed by atoms with Gasteiger partial charge in [0, 0.05) is 6.07 Å². The van der Waals surface area contributed by atoms with E-state index in [1.54, 1.807) is 13.2 Å². The van der Waals surface area contributed by atoms with Crippen LogP contribution in [0.1, 0.15) is 0 Å². The fourth-order valence-corrected chi connectivity index (χ4v) is 1.40. The van der Waals surface area contributed by atoms with E-state index >= 15 is 0 Å². The Morgan fingerprint density at radius 1 is 1.08 bits per heavy atom. The molecule has 0 saturated carbocycles. The van der Waals surface area contributed by atoms with E-state index in [1.807, 2.05) is 18.2 Å². The van der Waals surface area contributed by atoms with Crippen LogP contribution in [0.3, 0.4) is 0 Å². The van der Waals surface area contributed by atoms with Crippen molar-refractivity contribution in [2.24, 2.45) is 0 Å². The van der Waals surface area contributed by atoms with Crippen molar-refractivity contribution < 1.29 is 4.74 Å². The monoisotopic (exact) mass is 238 g/mol. The Morgan fingerprint density at radius 2 is 1.77 bits per heavy atom. The Kier molecular flexibility index (Phi) is 2.14. The van der Waals surface area contributed by atoms with E-state index in [-0.39, 0.29) is 0 Å². The lowest BCUT2D eigenvalue weighted by molar-refractivity contribution is 0.399. The molecule has 0 unspecified atom stereocenters. The molecule has 0 saturated heterocycles.